The summed E-state index contributed by atoms with van der Waals surface area (Å²) in [4.78, 5) is 3.33. The highest BCUT2D eigenvalue weighted by Crippen LogP contribution is 2.28. The summed E-state index contributed by atoms with van der Waals surface area (Å²) < 4.78 is 37.5. The Labute approximate surface area is 126 Å². The molecule has 1 atom stereocenters. The minimum atomic E-state index is -4.19. The third-order valence-corrected chi connectivity index (χ3v) is 3.80. The normalized spacial score (nSPS) is 20.4. The van der Waals surface area contributed by atoms with Crippen LogP contribution < -0.4 is 4.90 Å². The number of anilines is 1. The Bertz CT molecular complexity index is 553. The molecule has 0 aromatic heterocycles. The van der Waals surface area contributed by atoms with Gasteiger partial charge in [0.15, 0.2) is 0 Å². The Morgan fingerprint density at radius 1 is 1.38 bits per heavy atom. The van der Waals surface area contributed by atoms with Crippen LogP contribution in [0.4, 0.5) is 18.9 Å². The van der Waals surface area contributed by atoms with E-state index in [-0.39, 0.29) is 6.04 Å². The summed E-state index contributed by atoms with van der Waals surface area (Å²) in [7, 11) is 0. The van der Waals surface area contributed by atoms with Gasteiger partial charge in [-0.3, -0.25) is 4.90 Å². The molecule has 1 aliphatic heterocycles. The Kier molecular flexibility index (Phi) is 4.64. The Balaban J connectivity index is 2.13. The molecule has 0 aliphatic carbocycles. The molecule has 0 N–H and O–H groups in total. The van der Waals surface area contributed by atoms with E-state index in [1.807, 2.05) is 4.90 Å². The van der Waals surface area contributed by atoms with Crippen molar-refractivity contribution >= 4 is 17.3 Å². The molecule has 0 saturated carbocycles. The topological polar surface area (TPSA) is 30.3 Å². The Morgan fingerprint density at radius 2 is 2.10 bits per heavy atom. The lowest BCUT2D eigenvalue weighted by Gasteiger charge is -2.41. The van der Waals surface area contributed by atoms with Gasteiger partial charge in [-0.2, -0.15) is 18.4 Å². The molecule has 1 aromatic rings. The zero-order valence-electron chi connectivity index (χ0n) is 11.5. The molecule has 1 unspecified atom stereocenters. The molecule has 3 nitrogen and oxygen atoms in total. The van der Waals surface area contributed by atoms with Gasteiger partial charge < -0.3 is 4.90 Å². The smallest absolute Gasteiger partial charge is 0.368 e. The summed E-state index contributed by atoms with van der Waals surface area (Å²) >= 11 is 5.95. The van der Waals surface area contributed by atoms with E-state index in [2.05, 4.69) is 6.07 Å². The first-order valence-corrected chi connectivity index (χ1v) is 6.93. The van der Waals surface area contributed by atoms with E-state index >= 15 is 0 Å². The van der Waals surface area contributed by atoms with Crippen molar-refractivity contribution in [2.24, 2.45) is 0 Å². The van der Waals surface area contributed by atoms with Gasteiger partial charge >= 0.3 is 6.18 Å². The lowest BCUT2D eigenvalue weighted by molar-refractivity contribution is -0.150. The van der Waals surface area contributed by atoms with Gasteiger partial charge in [-0.1, -0.05) is 11.6 Å². The standard InChI is InChI=1S/C14H15ClF3N3/c1-10-8-20(4-5-21(10)9-14(16,17)18)13-6-12(15)3-2-11(13)7-19/h2-3,6,10H,4-5,8-9H2,1H3. The van der Waals surface area contributed by atoms with Crippen molar-refractivity contribution < 1.29 is 13.2 Å². The van der Waals surface area contributed by atoms with Crippen molar-refractivity contribution in [3.05, 3.63) is 28.8 Å². The molecule has 1 fully saturated rings. The van der Waals surface area contributed by atoms with Gasteiger partial charge in [0.25, 0.3) is 0 Å². The van der Waals surface area contributed by atoms with Gasteiger partial charge in [0, 0.05) is 30.7 Å². The van der Waals surface area contributed by atoms with Crippen LogP contribution in [0.3, 0.4) is 0 Å². The Morgan fingerprint density at radius 3 is 2.67 bits per heavy atom. The summed E-state index contributed by atoms with van der Waals surface area (Å²) in [6.07, 6.45) is -4.19. The van der Waals surface area contributed by atoms with Crippen molar-refractivity contribution in [1.29, 1.82) is 5.26 Å². The average Bonchev–Trinajstić information content (AvgIpc) is 2.39. The molecular formula is C14H15ClF3N3. The quantitative estimate of drug-likeness (QED) is 0.838. The minimum Gasteiger partial charge on any atom is -0.368 e. The van der Waals surface area contributed by atoms with E-state index in [0.29, 0.717) is 35.9 Å². The second-order valence-electron chi connectivity index (χ2n) is 5.15. The van der Waals surface area contributed by atoms with Crippen LogP contribution in [0.25, 0.3) is 0 Å². The molecular weight excluding hydrogens is 303 g/mol. The third-order valence-electron chi connectivity index (χ3n) is 3.57. The fourth-order valence-electron chi connectivity index (χ4n) is 2.54. The van der Waals surface area contributed by atoms with Crippen LogP contribution in [0, 0.1) is 11.3 Å². The molecule has 1 saturated heterocycles. The average molecular weight is 318 g/mol. The minimum absolute atomic E-state index is 0.245. The highest BCUT2D eigenvalue weighted by molar-refractivity contribution is 6.30. The van der Waals surface area contributed by atoms with E-state index in [9.17, 15) is 13.2 Å². The van der Waals surface area contributed by atoms with Gasteiger partial charge in [0.05, 0.1) is 17.8 Å². The lowest BCUT2D eigenvalue weighted by Crippen LogP contribution is -2.54. The second kappa shape index (κ2) is 6.12. The summed E-state index contributed by atoms with van der Waals surface area (Å²) in [6, 6.07) is 6.79. The van der Waals surface area contributed by atoms with E-state index in [1.54, 1.807) is 25.1 Å². The van der Waals surface area contributed by atoms with Gasteiger partial charge in [-0.25, -0.2) is 0 Å². The molecule has 2 rings (SSSR count). The van der Waals surface area contributed by atoms with Crippen molar-refractivity contribution in [2.45, 2.75) is 19.1 Å². The monoisotopic (exact) mass is 317 g/mol. The predicted molar refractivity (Wildman–Crippen MR) is 75.5 cm³/mol. The van der Waals surface area contributed by atoms with Crippen LogP contribution in [-0.2, 0) is 0 Å². The number of alkyl halides is 3. The van der Waals surface area contributed by atoms with E-state index in [1.165, 1.54) is 4.90 Å². The van der Waals surface area contributed by atoms with Crippen molar-refractivity contribution in [2.75, 3.05) is 31.1 Å². The van der Waals surface area contributed by atoms with Gasteiger partial charge in [-0.05, 0) is 25.1 Å². The summed E-state index contributed by atoms with van der Waals surface area (Å²) in [5.74, 6) is 0. The molecule has 7 heteroatoms. The predicted octanol–water partition coefficient (Wildman–Crippen LogP) is 3.28. The maximum absolute atomic E-state index is 12.5. The van der Waals surface area contributed by atoms with Crippen LogP contribution in [0.2, 0.25) is 5.02 Å². The Hall–Kier alpha value is -1.45. The number of benzene rings is 1. The molecule has 0 bridgehead atoms. The SMILES string of the molecule is CC1CN(c2cc(Cl)ccc2C#N)CCN1CC(F)(F)F. The zero-order chi connectivity index (χ0) is 15.6. The van der Waals surface area contributed by atoms with Crippen LogP contribution >= 0.6 is 11.6 Å². The van der Waals surface area contributed by atoms with Crippen molar-refractivity contribution in [1.82, 2.24) is 4.90 Å². The maximum Gasteiger partial charge on any atom is 0.401 e. The maximum atomic E-state index is 12.5. The number of piperazine rings is 1. The van der Waals surface area contributed by atoms with Gasteiger partial charge in [0.1, 0.15) is 6.07 Å². The lowest BCUT2D eigenvalue weighted by atomic mass is 10.1. The summed E-state index contributed by atoms with van der Waals surface area (Å²) in [5, 5.41) is 9.64. The highest BCUT2D eigenvalue weighted by atomic mass is 35.5. The number of halogens is 4. The van der Waals surface area contributed by atoms with Crippen LogP contribution in [0.1, 0.15) is 12.5 Å². The van der Waals surface area contributed by atoms with E-state index < -0.39 is 12.7 Å². The number of hydrogen-bond donors (Lipinski definition) is 0. The molecule has 114 valence electrons. The van der Waals surface area contributed by atoms with Gasteiger partial charge in [0.2, 0.25) is 0 Å². The zero-order valence-corrected chi connectivity index (χ0v) is 12.2. The molecule has 21 heavy (non-hydrogen) atoms. The number of hydrogen-bond acceptors (Lipinski definition) is 3. The van der Waals surface area contributed by atoms with Crippen molar-refractivity contribution in [3.63, 3.8) is 0 Å². The van der Waals surface area contributed by atoms with Gasteiger partial charge in [-0.15, -0.1) is 0 Å². The summed E-state index contributed by atoms with van der Waals surface area (Å²) in [5.41, 5.74) is 1.17. The molecule has 1 heterocycles. The van der Waals surface area contributed by atoms with Crippen molar-refractivity contribution in [3.8, 4) is 6.07 Å². The van der Waals surface area contributed by atoms with E-state index in [0.717, 1.165) is 0 Å². The first-order chi connectivity index (χ1) is 9.80. The number of rotatable bonds is 2. The summed E-state index contributed by atoms with van der Waals surface area (Å²) in [6.45, 7) is 2.04. The second-order valence-corrected chi connectivity index (χ2v) is 5.59. The fraction of sp³-hybridized carbons (Fsp3) is 0.500. The highest BCUT2D eigenvalue weighted by Gasteiger charge is 2.35. The molecule has 0 amide bonds. The van der Waals surface area contributed by atoms with Crippen LogP contribution in [0.15, 0.2) is 18.2 Å². The third kappa shape index (κ3) is 4.02. The molecule has 1 aromatic carbocycles. The van der Waals surface area contributed by atoms with E-state index in [4.69, 9.17) is 16.9 Å². The first kappa shape index (κ1) is 15.9. The first-order valence-electron chi connectivity index (χ1n) is 6.55. The number of nitrogens with zero attached hydrogens (tertiary/aromatic N) is 3. The molecule has 0 radical (unpaired) electrons. The van der Waals surface area contributed by atoms with Crippen LogP contribution in [-0.4, -0.2) is 43.3 Å². The molecule has 1 aliphatic rings. The number of nitriles is 1. The fourth-order valence-corrected chi connectivity index (χ4v) is 2.71. The molecule has 0 spiro atoms. The largest absolute Gasteiger partial charge is 0.401 e. The van der Waals surface area contributed by atoms with Crippen LogP contribution in [0.5, 0.6) is 0 Å².